The zero-order chi connectivity index (χ0) is 24.4. The number of benzene rings is 3. The molecule has 2 aromatic heterocycles. The second-order valence-corrected chi connectivity index (χ2v) is 8.49. The summed E-state index contributed by atoms with van der Waals surface area (Å²) >= 11 is 1.15. The fourth-order valence-corrected chi connectivity index (χ4v) is 4.57. The lowest BCUT2D eigenvalue weighted by molar-refractivity contribution is -0.113. The number of thioether (sulfide) groups is 1. The minimum Gasteiger partial charge on any atom is -0.497 e. The number of nitrogens with zero attached hydrogens (tertiary/aromatic N) is 2. The fourth-order valence-electron chi connectivity index (χ4n) is 3.76. The fraction of sp³-hybridized carbons (Fsp3) is 0.115. The van der Waals surface area contributed by atoms with Crippen molar-refractivity contribution in [1.29, 1.82) is 0 Å². The summed E-state index contributed by atoms with van der Waals surface area (Å²) in [7, 11) is 3.10. The highest BCUT2D eigenvalue weighted by molar-refractivity contribution is 7.99. The van der Waals surface area contributed by atoms with Crippen molar-refractivity contribution in [2.24, 2.45) is 0 Å². The molecule has 1 amide bonds. The Morgan fingerprint density at radius 3 is 2.66 bits per heavy atom. The third-order valence-electron chi connectivity index (χ3n) is 5.39. The Kier molecular flexibility index (Phi) is 6.15. The number of anilines is 1. The average molecular weight is 488 g/mol. The molecule has 35 heavy (non-hydrogen) atoms. The number of ether oxygens (including phenoxy) is 2. The van der Waals surface area contributed by atoms with Gasteiger partial charge in [-0.25, -0.2) is 4.98 Å². The lowest BCUT2D eigenvalue weighted by Gasteiger charge is -2.13. The van der Waals surface area contributed by atoms with Crippen molar-refractivity contribution >= 4 is 45.4 Å². The lowest BCUT2D eigenvalue weighted by Crippen LogP contribution is -2.22. The van der Waals surface area contributed by atoms with Crippen molar-refractivity contribution in [2.75, 3.05) is 25.3 Å². The van der Waals surface area contributed by atoms with Crippen LogP contribution in [0.5, 0.6) is 11.5 Å². The van der Waals surface area contributed by atoms with E-state index in [4.69, 9.17) is 18.9 Å². The van der Waals surface area contributed by atoms with Gasteiger partial charge in [0.25, 0.3) is 0 Å². The Morgan fingerprint density at radius 2 is 1.83 bits per heavy atom. The van der Waals surface area contributed by atoms with Gasteiger partial charge in [-0.05, 0) is 36.4 Å². The molecule has 0 saturated heterocycles. The van der Waals surface area contributed by atoms with Gasteiger partial charge in [0, 0.05) is 11.5 Å². The molecule has 3 aromatic carbocycles. The van der Waals surface area contributed by atoms with Gasteiger partial charge < -0.3 is 19.2 Å². The zero-order valence-electron chi connectivity index (χ0n) is 19.0. The van der Waals surface area contributed by atoms with Gasteiger partial charge in [0.2, 0.25) is 11.5 Å². The highest BCUT2D eigenvalue weighted by atomic mass is 32.2. The highest BCUT2D eigenvalue weighted by Crippen LogP contribution is 2.30. The molecule has 5 aromatic rings. The molecule has 0 fully saturated rings. The second-order valence-electron chi connectivity index (χ2n) is 7.55. The predicted octanol–water partition coefficient (Wildman–Crippen LogP) is 4.88. The smallest absolute Gasteiger partial charge is 0.302 e. The van der Waals surface area contributed by atoms with Crippen LogP contribution in [0.15, 0.2) is 87.2 Å². The number of fused-ring (bicyclic) bond motifs is 3. The number of rotatable bonds is 7. The molecule has 0 aliphatic heterocycles. The van der Waals surface area contributed by atoms with E-state index in [1.165, 1.54) is 4.57 Å². The van der Waals surface area contributed by atoms with E-state index in [-0.39, 0.29) is 22.8 Å². The van der Waals surface area contributed by atoms with Crippen molar-refractivity contribution < 1.29 is 18.7 Å². The number of hydrogen-bond donors (Lipinski definition) is 1. The van der Waals surface area contributed by atoms with Crippen molar-refractivity contribution in [2.45, 2.75) is 5.16 Å². The first-order valence-electron chi connectivity index (χ1n) is 10.7. The molecule has 0 bridgehead atoms. The van der Waals surface area contributed by atoms with Gasteiger partial charge in [0.1, 0.15) is 22.6 Å². The summed E-state index contributed by atoms with van der Waals surface area (Å²) < 4.78 is 17.9. The first-order valence-corrected chi connectivity index (χ1v) is 11.7. The Bertz CT molecular complexity index is 1610. The summed E-state index contributed by atoms with van der Waals surface area (Å²) in [6.07, 6.45) is 0. The molecule has 8 nitrogen and oxygen atoms in total. The summed E-state index contributed by atoms with van der Waals surface area (Å²) in [4.78, 5) is 31.1. The van der Waals surface area contributed by atoms with Crippen LogP contribution < -0.4 is 20.3 Å². The number of hydrogen-bond acceptors (Lipinski definition) is 7. The van der Waals surface area contributed by atoms with Crippen LogP contribution in [0.3, 0.4) is 0 Å². The summed E-state index contributed by atoms with van der Waals surface area (Å²) in [6, 6.07) is 21.6. The first-order chi connectivity index (χ1) is 17.1. The first kappa shape index (κ1) is 22.5. The van der Waals surface area contributed by atoms with Crippen LogP contribution in [0.25, 0.3) is 27.8 Å². The monoisotopic (exact) mass is 487 g/mol. The number of carbonyl (C=O) groups excluding carboxylic acids is 1. The van der Waals surface area contributed by atoms with Crippen LogP contribution >= 0.6 is 11.8 Å². The Hall–Kier alpha value is -4.24. The molecular weight excluding hydrogens is 466 g/mol. The summed E-state index contributed by atoms with van der Waals surface area (Å²) in [5.74, 6) is 0.908. The van der Waals surface area contributed by atoms with Gasteiger partial charge in [-0.3, -0.25) is 14.2 Å². The number of carbonyl (C=O) groups is 1. The van der Waals surface area contributed by atoms with Gasteiger partial charge in [0.15, 0.2) is 5.16 Å². The van der Waals surface area contributed by atoms with Crippen molar-refractivity contribution in [1.82, 2.24) is 9.55 Å². The van der Waals surface area contributed by atoms with Crippen LogP contribution in [0, 0.1) is 0 Å². The maximum absolute atomic E-state index is 13.6. The molecule has 9 heteroatoms. The molecule has 1 N–H and O–H groups in total. The third kappa shape index (κ3) is 4.33. The molecule has 2 heterocycles. The molecule has 176 valence electrons. The minimum absolute atomic E-state index is 0.0236. The number of furan rings is 1. The minimum atomic E-state index is -0.368. The topological polar surface area (TPSA) is 95.6 Å². The SMILES string of the molecule is COc1cccc(-n2c(SCC(=O)Nc3ccccc3OC)nc3c(oc4ccccc43)c2=O)c1. The van der Waals surface area contributed by atoms with Crippen LogP contribution in [-0.4, -0.2) is 35.4 Å². The molecule has 0 aliphatic carbocycles. The number of nitrogens with one attached hydrogen (secondary N) is 1. The van der Waals surface area contributed by atoms with Crippen molar-refractivity contribution in [3.05, 3.63) is 83.2 Å². The number of para-hydroxylation sites is 3. The molecule has 0 radical (unpaired) electrons. The number of aromatic nitrogens is 2. The predicted molar refractivity (Wildman–Crippen MR) is 136 cm³/mol. The van der Waals surface area contributed by atoms with Crippen LogP contribution in [-0.2, 0) is 4.79 Å². The van der Waals surface area contributed by atoms with E-state index in [1.54, 1.807) is 56.7 Å². The molecule has 0 spiro atoms. The molecule has 0 atom stereocenters. The standard InChI is InChI=1S/C26H21N3O5S/c1-32-17-9-7-8-16(14-17)29-25(31)24-23(18-10-3-5-12-20(18)34-24)28-26(29)35-15-22(30)27-19-11-4-6-13-21(19)33-2/h3-14H,15H2,1-2H3,(H,27,30). The van der Waals surface area contributed by atoms with E-state index in [1.807, 2.05) is 30.3 Å². The Balaban J connectivity index is 1.56. The maximum atomic E-state index is 13.6. The number of amides is 1. The number of methoxy groups -OCH3 is 2. The zero-order valence-corrected chi connectivity index (χ0v) is 19.8. The van der Waals surface area contributed by atoms with Crippen molar-refractivity contribution in [3.63, 3.8) is 0 Å². The quantitative estimate of drug-likeness (QED) is 0.258. The normalized spacial score (nSPS) is 11.0. The summed E-state index contributed by atoms with van der Waals surface area (Å²) in [5, 5.41) is 3.94. The second kappa shape index (κ2) is 9.55. The maximum Gasteiger partial charge on any atom is 0.302 e. The van der Waals surface area contributed by atoms with E-state index < -0.39 is 0 Å². The Labute approximate surface area is 204 Å². The third-order valence-corrected chi connectivity index (χ3v) is 6.33. The van der Waals surface area contributed by atoms with Crippen LogP contribution in [0.4, 0.5) is 5.69 Å². The summed E-state index contributed by atoms with van der Waals surface area (Å²) in [6.45, 7) is 0. The van der Waals surface area contributed by atoms with Gasteiger partial charge in [-0.15, -0.1) is 0 Å². The van der Waals surface area contributed by atoms with E-state index >= 15 is 0 Å². The van der Waals surface area contributed by atoms with Crippen LogP contribution in [0.2, 0.25) is 0 Å². The van der Waals surface area contributed by atoms with E-state index in [9.17, 15) is 9.59 Å². The molecular formula is C26H21N3O5S. The molecule has 5 rings (SSSR count). The van der Waals surface area contributed by atoms with E-state index in [0.29, 0.717) is 39.1 Å². The largest absolute Gasteiger partial charge is 0.497 e. The molecule has 0 aliphatic rings. The average Bonchev–Trinajstić information content (AvgIpc) is 3.27. The highest BCUT2D eigenvalue weighted by Gasteiger charge is 2.20. The molecule has 0 unspecified atom stereocenters. The Morgan fingerprint density at radius 1 is 1.03 bits per heavy atom. The summed E-state index contributed by atoms with van der Waals surface area (Å²) in [5.41, 5.74) is 1.92. The lowest BCUT2D eigenvalue weighted by atomic mass is 10.2. The van der Waals surface area contributed by atoms with Crippen molar-refractivity contribution in [3.8, 4) is 17.2 Å². The van der Waals surface area contributed by atoms with Crippen LogP contribution in [0.1, 0.15) is 0 Å². The van der Waals surface area contributed by atoms with Gasteiger partial charge in [-0.1, -0.05) is 42.1 Å². The van der Waals surface area contributed by atoms with Gasteiger partial charge in [0.05, 0.1) is 31.3 Å². The van der Waals surface area contributed by atoms with E-state index in [0.717, 1.165) is 17.1 Å². The van der Waals surface area contributed by atoms with Gasteiger partial charge >= 0.3 is 5.56 Å². The van der Waals surface area contributed by atoms with E-state index in [2.05, 4.69) is 5.32 Å². The molecule has 0 saturated carbocycles. The van der Waals surface area contributed by atoms with Gasteiger partial charge in [-0.2, -0.15) is 0 Å².